The van der Waals surface area contributed by atoms with Gasteiger partial charge in [-0.1, -0.05) is 82.9 Å². The topological polar surface area (TPSA) is 46.5 Å². The van der Waals surface area contributed by atoms with Crippen LogP contribution < -0.4 is 4.90 Å². The smallest absolute Gasteiger partial charge is 0.225 e. The highest BCUT2D eigenvalue weighted by molar-refractivity contribution is 7.99. The van der Waals surface area contributed by atoms with Crippen molar-refractivity contribution < 1.29 is 0 Å². The minimum Gasteiger partial charge on any atom is -0.344 e. The van der Waals surface area contributed by atoms with Gasteiger partial charge in [-0.2, -0.15) is 0 Å². The summed E-state index contributed by atoms with van der Waals surface area (Å²) in [7, 11) is 0. The van der Waals surface area contributed by atoms with Crippen molar-refractivity contribution in [1.82, 2.24) is 24.0 Å². The summed E-state index contributed by atoms with van der Waals surface area (Å²) >= 11 is 15.8. The lowest BCUT2D eigenvalue weighted by Gasteiger charge is -2.36. The molecule has 11 heteroatoms. The van der Waals surface area contributed by atoms with Crippen LogP contribution in [0.2, 0.25) is 10.0 Å². The largest absolute Gasteiger partial charge is 0.344 e. The van der Waals surface area contributed by atoms with Crippen molar-refractivity contribution in [3.8, 4) is 0 Å². The minimum atomic E-state index is 0. The van der Waals surface area contributed by atoms with Gasteiger partial charge in [-0.15, -0.1) is 11.8 Å². The molecular weight excluding hydrogens is 786 g/mol. The van der Waals surface area contributed by atoms with Crippen molar-refractivity contribution in [1.29, 1.82) is 0 Å². The molecule has 0 aliphatic carbocycles. The Labute approximate surface area is 363 Å². The first-order valence-corrected chi connectivity index (χ1v) is 20.7. The Hall–Kier alpha value is -3.65. The van der Waals surface area contributed by atoms with Crippen LogP contribution >= 0.6 is 46.7 Å². The van der Waals surface area contributed by atoms with Crippen molar-refractivity contribution in [2.75, 3.05) is 43.4 Å². The van der Waals surface area contributed by atoms with Gasteiger partial charge in [-0.3, -0.25) is 4.90 Å². The Balaban J connectivity index is 0.000000417. The average Bonchev–Trinajstić information content (AvgIpc) is 3.71. The fraction of sp³-hybridized carbons (Fsp3) is 0.413. The van der Waals surface area contributed by atoms with Crippen molar-refractivity contribution >= 4 is 74.5 Å². The number of aromatic nitrogens is 4. The third-order valence-electron chi connectivity index (χ3n) is 8.94. The van der Waals surface area contributed by atoms with E-state index in [1.165, 1.54) is 36.5 Å². The maximum atomic E-state index is 6.82. The molecule has 0 bridgehead atoms. The Morgan fingerprint density at radius 3 is 1.67 bits per heavy atom. The number of thioether (sulfide) groups is 1. The highest BCUT2D eigenvalue weighted by Gasteiger charge is 2.20. The third-order valence-corrected chi connectivity index (χ3v) is 11.5. The summed E-state index contributed by atoms with van der Waals surface area (Å²) in [6, 6.07) is 25.9. The van der Waals surface area contributed by atoms with E-state index < -0.39 is 0 Å². The normalized spacial score (nSPS) is 12.4. The van der Waals surface area contributed by atoms with Crippen LogP contribution in [0.1, 0.15) is 83.3 Å². The van der Waals surface area contributed by atoms with E-state index in [1.54, 1.807) is 35.9 Å². The van der Waals surface area contributed by atoms with Gasteiger partial charge in [0, 0.05) is 116 Å². The highest BCUT2D eigenvalue weighted by atomic mass is 35.5. The number of nitrogens with zero attached hydrogens (tertiary/aromatic N) is 7. The van der Waals surface area contributed by atoms with Gasteiger partial charge in [0.2, 0.25) is 12.5 Å². The minimum absolute atomic E-state index is 0. The lowest BCUT2D eigenvalue weighted by atomic mass is 10.2. The summed E-state index contributed by atoms with van der Waals surface area (Å²) in [5.41, 5.74) is 2.45. The predicted octanol–water partition coefficient (Wildman–Crippen LogP) is 14.5. The van der Waals surface area contributed by atoms with Gasteiger partial charge >= 0.3 is 0 Å². The van der Waals surface area contributed by atoms with E-state index in [0.29, 0.717) is 24.7 Å². The van der Waals surface area contributed by atoms with Crippen LogP contribution in [0.4, 0.5) is 5.95 Å². The standard InChI is InChI=1S/C17H16ClNS.C14H15ClN2S.C11H18N4.4CH4/c1-12(2)19-11-17(20-14-6-4-3-5-7-14)15-10-13(18)8-9-16(15)19;1-10(2)17-9-14(18-7-6-16-3)12-8-11(15)4-5-13(12)17;1-10(2)14-6-8-15(9-7-14)11-12-4-3-5-13-11;;;;/h3-12H,1-2H3;4-5,8-10H,6-7H2,1-2H3;3-5,10H,6-9H2,1-2H3;4*1H4. The summed E-state index contributed by atoms with van der Waals surface area (Å²) in [5.74, 6) is 1.69. The molecule has 7 rings (SSSR count). The molecule has 6 aromatic rings. The van der Waals surface area contributed by atoms with Crippen LogP contribution in [-0.4, -0.2) is 68.5 Å². The molecule has 0 unspecified atom stereocenters. The zero-order chi connectivity index (χ0) is 37.9. The van der Waals surface area contributed by atoms with Gasteiger partial charge in [0.1, 0.15) is 0 Å². The molecule has 310 valence electrons. The van der Waals surface area contributed by atoms with Gasteiger partial charge < -0.3 is 18.9 Å². The first-order valence-electron chi connectivity index (χ1n) is 18.1. The number of hydrogen-bond donors (Lipinski definition) is 0. The molecule has 1 fully saturated rings. The molecule has 0 amide bonds. The Morgan fingerprint density at radius 2 is 1.18 bits per heavy atom. The van der Waals surface area contributed by atoms with Gasteiger partial charge in [0.15, 0.2) is 0 Å². The lowest BCUT2D eigenvalue weighted by molar-refractivity contribution is 0.208. The molecule has 0 spiro atoms. The molecule has 1 aliphatic heterocycles. The van der Waals surface area contributed by atoms with E-state index in [-0.39, 0.29) is 29.7 Å². The van der Waals surface area contributed by atoms with Gasteiger partial charge in [-0.25, -0.2) is 16.5 Å². The number of hydrogen-bond acceptors (Lipinski definition) is 6. The van der Waals surface area contributed by atoms with Gasteiger partial charge in [0.05, 0.1) is 5.75 Å². The summed E-state index contributed by atoms with van der Waals surface area (Å²) in [4.78, 5) is 20.4. The second kappa shape index (κ2) is 25.0. The molecule has 1 aliphatic rings. The summed E-state index contributed by atoms with van der Waals surface area (Å²) in [6.45, 7) is 24.9. The Kier molecular flexibility index (Phi) is 22.5. The van der Waals surface area contributed by atoms with Gasteiger partial charge in [-0.05, 0) is 96.1 Å². The number of fused-ring (bicyclic) bond motifs is 2. The second-order valence-corrected chi connectivity index (χ2v) is 16.7. The van der Waals surface area contributed by atoms with Crippen molar-refractivity contribution in [3.63, 3.8) is 0 Å². The summed E-state index contributed by atoms with van der Waals surface area (Å²) in [6.07, 6.45) is 8.00. The number of anilines is 1. The number of halogens is 2. The molecule has 0 N–H and O–H groups in total. The van der Waals surface area contributed by atoms with Crippen LogP contribution in [0.5, 0.6) is 0 Å². The first-order chi connectivity index (χ1) is 25.5. The van der Waals surface area contributed by atoms with Crippen molar-refractivity contribution in [3.05, 3.63) is 119 Å². The van der Waals surface area contributed by atoms with E-state index >= 15 is 0 Å². The van der Waals surface area contributed by atoms with E-state index in [1.807, 2.05) is 30.3 Å². The molecule has 0 radical (unpaired) electrons. The van der Waals surface area contributed by atoms with E-state index in [4.69, 9.17) is 29.8 Å². The maximum absolute atomic E-state index is 6.82. The van der Waals surface area contributed by atoms with E-state index in [2.05, 4.69) is 130 Å². The summed E-state index contributed by atoms with van der Waals surface area (Å²) in [5, 5.41) is 3.95. The van der Waals surface area contributed by atoms with Crippen molar-refractivity contribution in [2.24, 2.45) is 0 Å². The molecule has 0 atom stereocenters. The second-order valence-electron chi connectivity index (χ2n) is 13.6. The van der Waals surface area contributed by atoms with Crippen LogP contribution in [0.25, 0.3) is 26.7 Å². The molecule has 3 aromatic heterocycles. The van der Waals surface area contributed by atoms with E-state index in [0.717, 1.165) is 47.9 Å². The number of benzene rings is 3. The SMILES string of the molecule is C.C.C.C.CC(C)N1CCN(c2ncccn2)CC1.CC(C)n1cc(Sc2ccccc2)c2cc(Cl)ccc21.[C-]#[N+]CCSc1cn(C(C)C)c2ccc(Cl)cc12. The summed E-state index contributed by atoms with van der Waals surface area (Å²) < 4.78 is 4.56. The van der Waals surface area contributed by atoms with Gasteiger partial charge in [0.25, 0.3) is 0 Å². The lowest BCUT2D eigenvalue weighted by Crippen LogP contribution is -2.49. The fourth-order valence-electron chi connectivity index (χ4n) is 6.15. The van der Waals surface area contributed by atoms with Crippen LogP contribution in [0.15, 0.2) is 112 Å². The molecule has 0 saturated carbocycles. The van der Waals surface area contributed by atoms with E-state index in [9.17, 15) is 0 Å². The highest BCUT2D eigenvalue weighted by Crippen LogP contribution is 2.37. The monoisotopic (exact) mass is 849 g/mol. The molecule has 7 nitrogen and oxygen atoms in total. The predicted molar refractivity (Wildman–Crippen MR) is 255 cm³/mol. The molecular formula is C46H65Cl2N7S2. The zero-order valence-electron chi connectivity index (χ0n) is 31.4. The Morgan fingerprint density at radius 1 is 0.667 bits per heavy atom. The van der Waals surface area contributed by atoms with Crippen LogP contribution in [0.3, 0.4) is 0 Å². The van der Waals surface area contributed by atoms with Crippen molar-refractivity contribution in [2.45, 2.75) is 104 Å². The fourth-order valence-corrected chi connectivity index (χ4v) is 8.39. The van der Waals surface area contributed by atoms with Crippen LogP contribution in [0, 0.1) is 6.57 Å². The number of piperazine rings is 1. The average molecular weight is 851 g/mol. The third kappa shape index (κ3) is 14.0. The maximum Gasteiger partial charge on any atom is 0.225 e. The molecule has 4 heterocycles. The quantitative estimate of drug-likeness (QED) is 0.0820. The zero-order valence-corrected chi connectivity index (χ0v) is 34.6. The van der Waals surface area contributed by atoms with Crippen LogP contribution in [-0.2, 0) is 0 Å². The Bertz CT molecular complexity index is 2080. The number of rotatable bonds is 9. The molecule has 3 aromatic carbocycles. The molecule has 57 heavy (non-hydrogen) atoms. The first kappa shape index (κ1) is 51.4. The molecule has 1 saturated heterocycles.